The number of hydrogen-bond donors (Lipinski definition) is 2. The standard InChI is InChI=1S/C15H16N2/c1-2-6-11(5-1)13-14(12-7-3-4-8-12)15(13)16-9-10-17-15/h1-8,11-12,16-17H,9-10H2. The molecule has 17 heavy (non-hydrogen) atoms. The molecule has 0 amide bonds. The molecule has 2 nitrogen and oxygen atoms in total. The Morgan fingerprint density at radius 1 is 0.765 bits per heavy atom. The zero-order valence-corrected chi connectivity index (χ0v) is 9.69. The first-order valence-electron chi connectivity index (χ1n) is 6.37. The average molecular weight is 224 g/mol. The van der Waals surface area contributed by atoms with Crippen LogP contribution in [0.4, 0.5) is 0 Å². The van der Waals surface area contributed by atoms with Gasteiger partial charge in [0, 0.05) is 24.9 Å². The van der Waals surface area contributed by atoms with Gasteiger partial charge in [0.05, 0.1) is 0 Å². The van der Waals surface area contributed by atoms with Crippen molar-refractivity contribution < 1.29 is 0 Å². The minimum atomic E-state index is 0.0351. The molecule has 86 valence electrons. The molecule has 1 aliphatic heterocycles. The van der Waals surface area contributed by atoms with Crippen LogP contribution in [0.25, 0.3) is 0 Å². The molecule has 0 atom stereocenters. The molecule has 1 fully saturated rings. The van der Waals surface area contributed by atoms with Gasteiger partial charge in [-0.05, 0) is 11.1 Å². The zero-order chi connectivity index (χ0) is 11.3. The van der Waals surface area contributed by atoms with Gasteiger partial charge in [0.25, 0.3) is 0 Å². The molecule has 2 N–H and O–H groups in total. The van der Waals surface area contributed by atoms with Gasteiger partial charge >= 0.3 is 0 Å². The molecule has 2 heteroatoms. The Balaban J connectivity index is 1.71. The Morgan fingerprint density at radius 3 is 1.59 bits per heavy atom. The first-order valence-corrected chi connectivity index (χ1v) is 6.37. The van der Waals surface area contributed by atoms with Crippen LogP contribution in [-0.2, 0) is 0 Å². The van der Waals surface area contributed by atoms with Gasteiger partial charge in [-0.2, -0.15) is 0 Å². The van der Waals surface area contributed by atoms with Crippen LogP contribution in [0.1, 0.15) is 0 Å². The lowest BCUT2D eigenvalue weighted by Crippen LogP contribution is -2.41. The van der Waals surface area contributed by atoms with E-state index in [9.17, 15) is 0 Å². The first-order chi connectivity index (χ1) is 8.42. The van der Waals surface area contributed by atoms with E-state index >= 15 is 0 Å². The van der Waals surface area contributed by atoms with Gasteiger partial charge in [0.2, 0.25) is 0 Å². The van der Waals surface area contributed by atoms with E-state index in [0.717, 1.165) is 13.1 Å². The van der Waals surface area contributed by atoms with Crippen LogP contribution in [0, 0.1) is 11.8 Å². The van der Waals surface area contributed by atoms with E-state index in [0.29, 0.717) is 11.8 Å². The van der Waals surface area contributed by atoms with Gasteiger partial charge in [-0.1, -0.05) is 48.6 Å². The van der Waals surface area contributed by atoms with Gasteiger partial charge in [0.1, 0.15) is 5.66 Å². The van der Waals surface area contributed by atoms with Crippen molar-refractivity contribution in [1.29, 1.82) is 0 Å². The molecular weight excluding hydrogens is 208 g/mol. The highest BCUT2D eigenvalue weighted by Crippen LogP contribution is 2.53. The van der Waals surface area contributed by atoms with Crippen LogP contribution >= 0.6 is 0 Å². The van der Waals surface area contributed by atoms with Crippen LogP contribution in [-0.4, -0.2) is 18.8 Å². The monoisotopic (exact) mass is 224 g/mol. The van der Waals surface area contributed by atoms with Crippen molar-refractivity contribution in [3.8, 4) is 0 Å². The quantitative estimate of drug-likeness (QED) is 0.697. The van der Waals surface area contributed by atoms with E-state index in [2.05, 4.69) is 59.2 Å². The summed E-state index contributed by atoms with van der Waals surface area (Å²) in [6, 6.07) is 0. The van der Waals surface area contributed by atoms with Gasteiger partial charge in [-0.15, -0.1) is 0 Å². The van der Waals surface area contributed by atoms with Crippen molar-refractivity contribution in [2.45, 2.75) is 5.66 Å². The minimum absolute atomic E-state index is 0.0351. The Hall–Kier alpha value is -1.38. The summed E-state index contributed by atoms with van der Waals surface area (Å²) < 4.78 is 0. The molecule has 0 radical (unpaired) electrons. The van der Waals surface area contributed by atoms with Gasteiger partial charge in [0.15, 0.2) is 0 Å². The average Bonchev–Trinajstić information content (AvgIpc) is 2.93. The second kappa shape index (κ2) is 3.31. The molecule has 0 saturated carbocycles. The Labute approximate surface area is 101 Å². The lowest BCUT2D eigenvalue weighted by molar-refractivity contribution is 0.531. The van der Waals surface area contributed by atoms with Crippen LogP contribution in [0.3, 0.4) is 0 Å². The van der Waals surface area contributed by atoms with Crippen LogP contribution < -0.4 is 10.6 Å². The Bertz CT molecular complexity index is 435. The Morgan fingerprint density at radius 2 is 1.18 bits per heavy atom. The van der Waals surface area contributed by atoms with Crippen molar-refractivity contribution in [3.63, 3.8) is 0 Å². The van der Waals surface area contributed by atoms with E-state index in [1.54, 1.807) is 11.1 Å². The van der Waals surface area contributed by atoms with E-state index in [1.807, 2.05) is 0 Å². The molecule has 1 heterocycles. The minimum Gasteiger partial charge on any atom is -0.291 e. The molecule has 0 bridgehead atoms. The lowest BCUT2D eigenvalue weighted by Gasteiger charge is -2.17. The van der Waals surface area contributed by atoms with Crippen LogP contribution in [0.15, 0.2) is 59.8 Å². The molecule has 3 aliphatic carbocycles. The SMILES string of the molecule is C1=CC(C2=C(C3C=CC=C3)C23NCCN3)C=C1. The smallest absolute Gasteiger partial charge is 0.116 e. The van der Waals surface area contributed by atoms with Gasteiger partial charge < -0.3 is 0 Å². The third kappa shape index (κ3) is 1.22. The number of hydrogen-bond acceptors (Lipinski definition) is 2. The number of nitrogens with one attached hydrogen (secondary N) is 2. The topological polar surface area (TPSA) is 24.1 Å². The normalized spacial score (nSPS) is 29.4. The molecule has 1 saturated heterocycles. The third-order valence-electron chi connectivity index (χ3n) is 4.10. The van der Waals surface area contributed by atoms with E-state index in [-0.39, 0.29) is 5.66 Å². The Kier molecular flexibility index (Phi) is 1.88. The fourth-order valence-electron chi connectivity index (χ4n) is 3.37. The summed E-state index contributed by atoms with van der Waals surface area (Å²) >= 11 is 0. The third-order valence-corrected chi connectivity index (χ3v) is 4.10. The zero-order valence-electron chi connectivity index (χ0n) is 9.69. The summed E-state index contributed by atoms with van der Waals surface area (Å²) in [5.41, 5.74) is 3.12. The highest BCUT2D eigenvalue weighted by atomic mass is 15.3. The largest absolute Gasteiger partial charge is 0.291 e. The summed E-state index contributed by atoms with van der Waals surface area (Å²) in [5, 5.41) is 7.28. The van der Waals surface area contributed by atoms with Crippen molar-refractivity contribution in [1.82, 2.24) is 10.6 Å². The molecule has 0 aromatic heterocycles. The second-order valence-electron chi connectivity index (χ2n) is 5.02. The number of allylic oxidation sites excluding steroid dienone is 8. The second-order valence-corrected chi connectivity index (χ2v) is 5.02. The fourth-order valence-corrected chi connectivity index (χ4v) is 3.37. The summed E-state index contributed by atoms with van der Waals surface area (Å²) in [7, 11) is 0. The fraction of sp³-hybridized carbons (Fsp3) is 0.333. The number of rotatable bonds is 2. The summed E-state index contributed by atoms with van der Waals surface area (Å²) in [5.74, 6) is 0.982. The summed E-state index contributed by atoms with van der Waals surface area (Å²) in [6.07, 6.45) is 17.7. The molecule has 4 aliphatic rings. The molecule has 0 unspecified atom stereocenters. The maximum Gasteiger partial charge on any atom is 0.116 e. The molecule has 0 aromatic carbocycles. The highest BCUT2D eigenvalue weighted by Gasteiger charge is 2.58. The molecule has 1 spiro atoms. The van der Waals surface area contributed by atoms with E-state index in [4.69, 9.17) is 0 Å². The van der Waals surface area contributed by atoms with Crippen molar-refractivity contribution in [2.75, 3.05) is 13.1 Å². The van der Waals surface area contributed by atoms with E-state index in [1.165, 1.54) is 0 Å². The van der Waals surface area contributed by atoms with Crippen molar-refractivity contribution in [2.24, 2.45) is 11.8 Å². The molecule has 4 rings (SSSR count). The van der Waals surface area contributed by atoms with Crippen LogP contribution in [0.2, 0.25) is 0 Å². The van der Waals surface area contributed by atoms with Crippen molar-refractivity contribution >= 4 is 0 Å². The molecular formula is C15H16N2. The first kappa shape index (κ1) is 9.63. The maximum absolute atomic E-state index is 3.64. The highest BCUT2D eigenvalue weighted by molar-refractivity contribution is 5.63. The maximum atomic E-state index is 3.64. The van der Waals surface area contributed by atoms with E-state index < -0.39 is 0 Å². The van der Waals surface area contributed by atoms with Gasteiger partial charge in [-0.25, -0.2) is 0 Å². The summed E-state index contributed by atoms with van der Waals surface area (Å²) in [4.78, 5) is 0. The summed E-state index contributed by atoms with van der Waals surface area (Å²) in [6.45, 7) is 2.13. The molecule has 0 aromatic rings. The predicted octanol–water partition coefficient (Wildman–Crippen LogP) is 1.67. The van der Waals surface area contributed by atoms with Gasteiger partial charge in [-0.3, -0.25) is 10.6 Å². The van der Waals surface area contributed by atoms with Crippen molar-refractivity contribution in [3.05, 3.63) is 59.8 Å². The lowest BCUT2D eigenvalue weighted by atomic mass is 10.1. The predicted molar refractivity (Wildman–Crippen MR) is 69.3 cm³/mol. The van der Waals surface area contributed by atoms with Crippen LogP contribution in [0.5, 0.6) is 0 Å².